The van der Waals surface area contributed by atoms with Crippen LogP contribution in [0, 0.1) is 18.7 Å². The van der Waals surface area contributed by atoms with Crippen LogP contribution in [0.5, 0.6) is 5.88 Å². The number of aryl methyl sites for hydroxylation is 1. The van der Waals surface area contributed by atoms with Gasteiger partial charge in [-0.1, -0.05) is 0 Å². The van der Waals surface area contributed by atoms with Gasteiger partial charge in [-0.05, 0) is 61.9 Å². The van der Waals surface area contributed by atoms with E-state index in [0.717, 1.165) is 24.2 Å². The SMILES string of the molecule is Cc1cnc(-c2ncccc2F)c(C(=O)N2C[C@H]3CC[C@H]2[C@H](Oc2ccc(C(F)(F)F)cn2)C3)c1. The highest BCUT2D eigenvalue weighted by Gasteiger charge is 2.45. The minimum atomic E-state index is -4.48. The van der Waals surface area contributed by atoms with E-state index in [4.69, 9.17) is 4.74 Å². The molecule has 5 heterocycles. The standard InChI is InChI=1S/C25H22F4N4O2/c1-14-9-17(22(32-11-14)23-18(26)3-2-8-30-23)24(34)33-13-15-4-6-19(33)20(10-15)35-21-7-5-16(12-31-21)25(27,28)29/h2-3,5,7-9,11-12,15,19-20H,4,6,10,13H2,1H3/t15-,19-,20+/m0/s1. The molecule has 3 fully saturated rings. The number of carbonyl (C=O) groups excluding carboxylic acids is 1. The van der Waals surface area contributed by atoms with Gasteiger partial charge in [-0.25, -0.2) is 9.37 Å². The summed E-state index contributed by atoms with van der Waals surface area (Å²) in [5.41, 5.74) is 0.314. The maximum atomic E-state index is 14.5. The molecule has 1 amide bonds. The molecule has 2 saturated heterocycles. The number of hydrogen-bond donors (Lipinski definition) is 0. The average Bonchev–Trinajstić information content (AvgIpc) is 2.84. The van der Waals surface area contributed by atoms with Crippen LogP contribution in [-0.4, -0.2) is 44.4 Å². The number of rotatable bonds is 4. The molecule has 182 valence electrons. The van der Waals surface area contributed by atoms with Crippen LogP contribution in [0.1, 0.15) is 40.7 Å². The minimum Gasteiger partial charge on any atom is -0.472 e. The van der Waals surface area contributed by atoms with Crippen molar-refractivity contribution in [2.24, 2.45) is 5.92 Å². The normalized spacial score (nSPS) is 21.7. The number of amides is 1. The molecule has 1 aliphatic carbocycles. The number of pyridine rings is 3. The number of nitrogens with zero attached hydrogens (tertiary/aromatic N) is 4. The molecule has 0 unspecified atom stereocenters. The summed E-state index contributed by atoms with van der Waals surface area (Å²) >= 11 is 0. The van der Waals surface area contributed by atoms with Crippen molar-refractivity contribution in [3.63, 3.8) is 0 Å². The Morgan fingerprint density at radius 1 is 1.09 bits per heavy atom. The second-order valence-electron chi connectivity index (χ2n) is 8.99. The van der Waals surface area contributed by atoms with Crippen molar-refractivity contribution in [3.05, 3.63) is 71.4 Å². The summed E-state index contributed by atoms with van der Waals surface area (Å²) in [5.74, 6) is -0.620. The lowest BCUT2D eigenvalue weighted by molar-refractivity contribution is -0.137. The van der Waals surface area contributed by atoms with Crippen LogP contribution in [0.25, 0.3) is 11.4 Å². The van der Waals surface area contributed by atoms with E-state index in [1.807, 2.05) is 0 Å². The summed E-state index contributed by atoms with van der Waals surface area (Å²) in [6.45, 7) is 2.31. The van der Waals surface area contributed by atoms with E-state index in [1.165, 1.54) is 24.4 Å². The molecule has 0 N–H and O–H groups in total. The summed E-state index contributed by atoms with van der Waals surface area (Å²) in [5, 5.41) is 0. The molecule has 6 nitrogen and oxygen atoms in total. The maximum absolute atomic E-state index is 14.5. The van der Waals surface area contributed by atoms with Crippen LogP contribution in [0.2, 0.25) is 0 Å². The smallest absolute Gasteiger partial charge is 0.417 e. The van der Waals surface area contributed by atoms with Gasteiger partial charge in [0.1, 0.15) is 17.5 Å². The highest BCUT2D eigenvalue weighted by atomic mass is 19.4. The lowest BCUT2D eigenvalue weighted by Crippen LogP contribution is -2.59. The Bertz CT molecular complexity index is 1250. The molecule has 3 aliphatic rings. The molecule has 3 aromatic heterocycles. The summed E-state index contributed by atoms with van der Waals surface area (Å²) < 4.78 is 59.0. The Balaban J connectivity index is 1.42. The van der Waals surface area contributed by atoms with Crippen LogP contribution in [0.3, 0.4) is 0 Å². The van der Waals surface area contributed by atoms with Gasteiger partial charge in [0.25, 0.3) is 5.91 Å². The molecule has 0 spiro atoms. The fourth-order valence-electron chi connectivity index (χ4n) is 4.90. The average molecular weight is 486 g/mol. The van der Waals surface area contributed by atoms with Crippen molar-refractivity contribution in [2.75, 3.05) is 6.54 Å². The molecule has 0 radical (unpaired) electrons. The van der Waals surface area contributed by atoms with Crippen molar-refractivity contribution in [3.8, 4) is 17.3 Å². The van der Waals surface area contributed by atoms with Crippen LogP contribution >= 0.6 is 0 Å². The molecule has 3 aromatic rings. The van der Waals surface area contributed by atoms with Crippen molar-refractivity contribution >= 4 is 5.91 Å². The van der Waals surface area contributed by atoms with Gasteiger partial charge in [0.05, 0.1) is 17.2 Å². The van der Waals surface area contributed by atoms with Gasteiger partial charge in [-0.15, -0.1) is 0 Å². The van der Waals surface area contributed by atoms with Gasteiger partial charge in [0.15, 0.2) is 5.82 Å². The number of hydrogen-bond acceptors (Lipinski definition) is 5. The lowest BCUT2D eigenvalue weighted by atomic mass is 9.77. The first-order chi connectivity index (χ1) is 16.7. The Morgan fingerprint density at radius 3 is 2.60 bits per heavy atom. The third-order valence-corrected chi connectivity index (χ3v) is 6.55. The first kappa shape index (κ1) is 23.2. The quantitative estimate of drug-likeness (QED) is 0.482. The van der Waals surface area contributed by atoms with Gasteiger partial charge in [0.2, 0.25) is 5.88 Å². The number of piperidine rings is 2. The fraction of sp³-hybridized carbons (Fsp3) is 0.360. The van der Waals surface area contributed by atoms with E-state index in [9.17, 15) is 22.4 Å². The molecule has 35 heavy (non-hydrogen) atoms. The van der Waals surface area contributed by atoms with E-state index in [1.54, 1.807) is 24.1 Å². The lowest BCUT2D eigenvalue weighted by Gasteiger charge is -2.49. The molecule has 6 rings (SSSR count). The van der Waals surface area contributed by atoms with E-state index in [-0.39, 0.29) is 40.7 Å². The van der Waals surface area contributed by atoms with Crippen LogP contribution in [0.4, 0.5) is 17.6 Å². The van der Waals surface area contributed by atoms with Crippen molar-refractivity contribution in [1.82, 2.24) is 19.9 Å². The van der Waals surface area contributed by atoms with E-state index >= 15 is 0 Å². The van der Waals surface area contributed by atoms with E-state index in [0.29, 0.717) is 19.4 Å². The monoisotopic (exact) mass is 486 g/mol. The first-order valence-corrected chi connectivity index (χ1v) is 11.3. The predicted molar refractivity (Wildman–Crippen MR) is 118 cm³/mol. The van der Waals surface area contributed by atoms with Gasteiger partial charge in [-0.2, -0.15) is 13.2 Å². The second kappa shape index (κ2) is 8.90. The number of alkyl halides is 3. The van der Waals surface area contributed by atoms with Crippen LogP contribution in [-0.2, 0) is 6.18 Å². The molecule has 2 bridgehead atoms. The molecule has 3 atom stereocenters. The number of carbonyl (C=O) groups is 1. The first-order valence-electron chi connectivity index (χ1n) is 11.3. The molecular formula is C25H22F4N4O2. The largest absolute Gasteiger partial charge is 0.472 e. The zero-order chi connectivity index (χ0) is 24.7. The molecule has 0 aromatic carbocycles. The van der Waals surface area contributed by atoms with Gasteiger partial charge < -0.3 is 9.64 Å². The summed E-state index contributed by atoms with van der Waals surface area (Å²) in [7, 11) is 0. The van der Waals surface area contributed by atoms with Crippen LogP contribution < -0.4 is 4.74 Å². The number of ether oxygens (including phenoxy) is 1. The topological polar surface area (TPSA) is 68.2 Å². The van der Waals surface area contributed by atoms with Gasteiger partial charge in [-0.3, -0.25) is 14.8 Å². The number of halogens is 4. The highest BCUT2D eigenvalue weighted by molar-refractivity contribution is 6.00. The predicted octanol–water partition coefficient (Wildman–Crippen LogP) is 5.08. The van der Waals surface area contributed by atoms with Crippen molar-refractivity contribution in [2.45, 2.75) is 44.5 Å². The molecular weight excluding hydrogens is 464 g/mol. The Morgan fingerprint density at radius 2 is 1.91 bits per heavy atom. The molecule has 10 heteroatoms. The third kappa shape index (κ3) is 4.56. The van der Waals surface area contributed by atoms with Crippen molar-refractivity contribution < 1.29 is 27.1 Å². The molecule has 2 aliphatic heterocycles. The Labute approximate surface area is 199 Å². The second-order valence-corrected chi connectivity index (χ2v) is 8.99. The Hall–Kier alpha value is -3.56. The maximum Gasteiger partial charge on any atom is 0.417 e. The third-order valence-electron chi connectivity index (χ3n) is 6.55. The summed E-state index contributed by atoms with van der Waals surface area (Å²) in [4.78, 5) is 27.7. The highest BCUT2D eigenvalue weighted by Crippen LogP contribution is 2.39. The van der Waals surface area contributed by atoms with Gasteiger partial charge >= 0.3 is 6.18 Å². The fourth-order valence-corrected chi connectivity index (χ4v) is 4.90. The van der Waals surface area contributed by atoms with E-state index < -0.39 is 23.7 Å². The van der Waals surface area contributed by atoms with Crippen molar-refractivity contribution in [1.29, 1.82) is 0 Å². The Kier molecular flexibility index (Phi) is 5.90. The number of aromatic nitrogens is 3. The van der Waals surface area contributed by atoms with Crippen LogP contribution in [0.15, 0.2) is 48.9 Å². The van der Waals surface area contributed by atoms with Gasteiger partial charge in [0, 0.05) is 31.2 Å². The molecule has 1 saturated carbocycles. The minimum absolute atomic E-state index is 0.000210. The van der Waals surface area contributed by atoms with E-state index in [2.05, 4.69) is 15.0 Å². The number of fused-ring (bicyclic) bond motifs is 3. The summed E-state index contributed by atoms with van der Waals surface area (Å²) in [6.07, 6.45) is 1.13. The zero-order valence-electron chi connectivity index (χ0n) is 18.8. The summed E-state index contributed by atoms with van der Waals surface area (Å²) in [6, 6.07) is 6.24. The zero-order valence-corrected chi connectivity index (χ0v) is 18.8.